The van der Waals surface area contributed by atoms with Gasteiger partial charge in [0.25, 0.3) is 0 Å². The van der Waals surface area contributed by atoms with Gasteiger partial charge >= 0.3 is 0 Å². The van der Waals surface area contributed by atoms with Crippen molar-refractivity contribution in [3.63, 3.8) is 0 Å². The summed E-state index contributed by atoms with van der Waals surface area (Å²) in [5.41, 5.74) is 0.345. The lowest BCUT2D eigenvalue weighted by molar-refractivity contribution is 0.112. The second-order valence-corrected chi connectivity index (χ2v) is 5.23. The van der Waals surface area contributed by atoms with E-state index in [0.717, 1.165) is 26.2 Å². The van der Waals surface area contributed by atoms with Gasteiger partial charge in [0.2, 0.25) is 0 Å². The summed E-state index contributed by atoms with van der Waals surface area (Å²) < 4.78 is 0. The second kappa shape index (κ2) is 6.30. The minimum atomic E-state index is 0.214. The molecule has 1 aromatic rings. The first kappa shape index (κ1) is 14.2. The third-order valence-corrected chi connectivity index (χ3v) is 3.79. The van der Waals surface area contributed by atoms with Gasteiger partial charge in [0, 0.05) is 13.1 Å². The van der Waals surface area contributed by atoms with Crippen molar-refractivity contribution < 1.29 is 4.79 Å². The summed E-state index contributed by atoms with van der Waals surface area (Å²) in [6.45, 7) is 8.08. The quantitative estimate of drug-likeness (QED) is 0.661. The molecule has 1 aliphatic rings. The molecule has 1 saturated heterocycles. The van der Waals surface area contributed by atoms with Crippen LogP contribution in [0.3, 0.4) is 0 Å². The van der Waals surface area contributed by atoms with Gasteiger partial charge in [-0.3, -0.25) is 4.79 Å². The van der Waals surface area contributed by atoms with Gasteiger partial charge in [-0.25, -0.2) is 9.97 Å². The van der Waals surface area contributed by atoms with E-state index in [-0.39, 0.29) is 5.15 Å². The van der Waals surface area contributed by atoms with Crippen LogP contribution in [0, 0.1) is 12.8 Å². The summed E-state index contributed by atoms with van der Waals surface area (Å²) in [6.07, 6.45) is 1.88. The molecule has 5 nitrogen and oxygen atoms in total. The maximum atomic E-state index is 11.0. The first-order valence-electron chi connectivity index (χ1n) is 6.59. The molecule has 1 atom stereocenters. The van der Waals surface area contributed by atoms with Crippen LogP contribution in [-0.2, 0) is 0 Å². The molecule has 6 heteroatoms. The molecule has 1 fully saturated rings. The van der Waals surface area contributed by atoms with E-state index in [1.54, 1.807) is 6.92 Å². The molecule has 0 radical (unpaired) electrons. The normalized spacial score (nSPS) is 19.6. The molecule has 0 bridgehead atoms. The number of anilines is 1. The molecule has 0 amide bonds. The number of aryl methyl sites for hydroxylation is 1. The highest BCUT2D eigenvalue weighted by atomic mass is 35.5. The fraction of sp³-hybridized carbons (Fsp3) is 0.615. The van der Waals surface area contributed by atoms with Crippen molar-refractivity contribution in [1.82, 2.24) is 14.9 Å². The largest absolute Gasteiger partial charge is 0.369 e. The fourth-order valence-electron chi connectivity index (χ4n) is 2.39. The number of likely N-dealkylation sites (tertiary alicyclic amines) is 1. The standard InChI is InChI=1S/C13H19ClN4O/c1-3-18-5-4-10(7-18)6-15-13-11(8-19)12(14)16-9(2)17-13/h8,10H,3-7H2,1-2H3,(H,15,16,17). The van der Waals surface area contributed by atoms with Crippen molar-refractivity contribution >= 4 is 23.7 Å². The minimum Gasteiger partial charge on any atom is -0.369 e. The van der Waals surface area contributed by atoms with Crippen LogP contribution < -0.4 is 5.32 Å². The van der Waals surface area contributed by atoms with Gasteiger partial charge in [-0.15, -0.1) is 0 Å². The van der Waals surface area contributed by atoms with Crippen LogP contribution in [0.4, 0.5) is 5.82 Å². The van der Waals surface area contributed by atoms with E-state index in [2.05, 4.69) is 27.1 Å². The van der Waals surface area contributed by atoms with Crippen LogP contribution in [0.25, 0.3) is 0 Å². The van der Waals surface area contributed by atoms with Crippen LogP contribution in [0.1, 0.15) is 29.5 Å². The Bertz CT molecular complexity index is 466. The number of aromatic nitrogens is 2. The Labute approximate surface area is 118 Å². The van der Waals surface area contributed by atoms with Crippen LogP contribution in [-0.4, -0.2) is 47.3 Å². The van der Waals surface area contributed by atoms with Crippen molar-refractivity contribution in [3.8, 4) is 0 Å². The molecular weight excluding hydrogens is 264 g/mol. The monoisotopic (exact) mass is 282 g/mol. The summed E-state index contributed by atoms with van der Waals surface area (Å²) in [4.78, 5) is 21.7. The lowest BCUT2D eigenvalue weighted by Crippen LogP contribution is -2.23. The fourth-order valence-corrected chi connectivity index (χ4v) is 2.65. The highest BCUT2D eigenvalue weighted by Gasteiger charge is 2.21. The van der Waals surface area contributed by atoms with Crippen LogP contribution in [0.15, 0.2) is 0 Å². The van der Waals surface area contributed by atoms with E-state index in [1.807, 2.05) is 0 Å². The van der Waals surface area contributed by atoms with E-state index in [0.29, 0.717) is 29.4 Å². The van der Waals surface area contributed by atoms with Gasteiger partial charge in [0.1, 0.15) is 16.8 Å². The summed E-state index contributed by atoms with van der Waals surface area (Å²) in [5.74, 6) is 1.70. The predicted octanol–water partition coefficient (Wildman–Crippen LogP) is 2.00. The smallest absolute Gasteiger partial charge is 0.156 e. The Morgan fingerprint density at radius 2 is 2.32 bits per heavy atom. The molecule has 1 unspecified atom stereocenters. The number of hydrogen-bond donors (Lipinski definition) is 1. The topological polar surface area (TPSA) is 58.1 Å². The lowest BCUT2D eigenvalue weighted by Gasteiger charge is -2.15. The Morgan fingerprint density at radius 3 is 2.95 bits per heavy atom. The molecule has 0 aromatic carbocycles. The van der Waals surface area contributed by atoms with E-state index >= 15 is 0 Å². The van der Waals surface area contributed by atoms with Gasteiger partial charge in [-0.2, -0.15) is 0 Å². The number of aldehydes is 1. The maximum Gasteiger partial charge on any atom is 0.156 e. The van der Waals surface area contributed by atoms with E-state index in [1.165, 1.54) is 6.42 Å². The number of nitrogens with zero attached hydrogens (tertiary/aromatic N) is 3. The first-order valence-corrected chi connectivity index (χ1v) is 6.97. The highest BCUT2D eigenvalue weighted by molar-refractivity contribution is 6.32. The third kappa shape index (κ3) is 3.42. The number of nitrogens with one attached hydrogen (secondary N) is 1. The molecule has 0 spiro atoms. The molecule has 0 saturated carbocycles. The molecule has 104 valence electrons. The zero-order chi connectivity index (χ0) is 13.8. The Kier molecular flexibility index (Phi) is 4.71. The maximum absolute atomic E-state index is 11.0. The van der Waals surface area contributed by atoms with Crippen LogP contribution in [0.5, 0.6) is 0 Å². The lowest BCUT2D eigenvalue weighted by atomic mass is 10.1. The van der Waals surface area contributed by atoms with Gasteiger partial charge in [-0.05, 0) is 32.4 Å². The van der Waals surface area contributed by atoms with Crippen molar-refractivity contribution in [3.05, 3.63) is 16.5 Å². The summed E-state index contributed by atoms with van der Waals surface area (Å²) in [7, 11) is 0. The molecule has 19 heavy (non-hydrogen) atoms. The summed E-state index contributed by atoms with van der Waals surface area (Å²) in [6, 6.07) is 0. The highest BCUT2D eigenvalue weighted by Crippen LogP contribution is 2.21. The Morgan fingerprint density at radius 1 is 1.53 bits per heavy atom. The summed E-state index contributed by atoms with van der Waals surface area (Å²) in [5, 5.41) is 3.45. The van der Waals surface area contributed by atoms with Crippen molar-refractivity contribution in [2.24, 2.45) is 5.92 Å². The van der Waals surface area contributed by atoms with Gasteiger partial charge in [0.05, 0.1) is 5.56 Å². The zero-order valence-corrected chi connectivity index (χ0v) is 12.1. The van der Waals surface area contributed by atoms with Crippen LogP contribution in [0.2, 0.25) is 5.15 Å². The molecule has 0 aliphatic carbocycles. The van der Waals surface area contributed by atoms with Gasteiger partial charge < -0.3 is 10.2 Å². The number of rotatable bonds is 5. The van der Waals surface area contributed by atoms with Crippen molar-refractivity contribution in [2.45, 2.75) is 20.3 Å². The van der Waals surface area contributed by atoms with Crippen LogP contribution >= 0.6 is 11.6 Å². The molecular formula is C13H19ClN4O. The number of hydrogen-bond acceptors (Lipinski definition) is 5. The van der Waals surface area contributed by atoms with E-state index in [4.69, 9.17) is 11.6 Å². The first-order chi connectivity index (χ1) is 9.13. The van der Waals surface area contributed by atoms with E-state index in [9.17, 15) is 4.79 Å². The molecule has 1 aromatic heterocycles. The number of carbonyl (C=O) groups excluding carboxylic acids is 1. The van der Waals surface area contributed by atoms with Crippen molar-refractivity contribution in [1.29, 1.82) is 0 Å². The average molecular weight is 283 g/mol. The minimum absolute atomic E-state index is 0.214. The molecule has 1 N–H and O–H groups in total. The van der Waals surface area contributed by atoms with Gasteiger partial charge in [-0.1, -0.05) is 18.5 Å². The summed E-state index contributed by atoms with van der Waals surface area (Å²) >= 11 is 5.95. The molecule has 2 rings (SSSR count). The Hall–Kier alpha value is -1.20. The molecule has 2 heterocycles. The number of halogens is 1. The number of carbonyl (C=O) groups is 1. The SMILES string of the molecule is CCN1CCC(CNc2nc(C)nc(Cl)c2C=O)C1. The predicted molar refractivity (Wildman–Crippen MR) is 75.9 cm³/mol. The molecule has 1 aliphatic heterocycles. The van der Waals surface area contributed by atoms with Crippen molar-refractivity contribution in [2.75, 3.05) is 31.5 Å². The average Bonchev–Trinajstić information content (AvgIpc) is 2.83. The Balaban J connectivity index is 2.01. The van der Waals surface area contributed by atoms with E-state index < -0.39 is 0 Å². The zero-order valence-electron chi connectivity index (χ0n) is 11.3. The second-order valence-electron chi connectivity index (χ2n) is 4.87. The third-order valence-electron chi connectivity index (χ3n) is 3.50. The van der Waals surface area contributed by atoms with Gasteiger partial charge in [0.15, 0.2) is 6.29 Å².